The molecule has 1 spiro atoms. The Labute approximate surface area is 166 Å². The van der Waals surface area contributed by atoms with Crippen LogP contribution in [0.3, 0.4) is 0 Å². The van der Waals surface area contributed by atoms with Crippen molar-refractivity contribution in [3.05, 3.63) is 0 Å². The van der Waals surface area contributed by atoms with E-state index >= 15 is 0 Å². The van der Waals surface area contributed by atoms with Gasteiger partial charge >= 0.3 is 0 Å². The topological polar surface area (TPSA) is 82.1 Å². The number of thioether (sulfide) groups is 1. The monoisotopic (exact) mass is 399 g/mol. The number of nitrogens with one attached hydrogen (secondary N) is 1. The van der Waals surface area contributed by atoms with E-state index in [-0.39, 0.29) is 11.8 Å². The third kappa shape index (κ3) is 4.60. The maximum Gasteiger partial charge on any atom is 0.230 e. The Hall–Kier alpha value is -0.830. The Morgan fingerprint density at radius 3 is 2.67 bits per heavy atom. The number of amides is 2. The molecule has 7 nitrogen and oxygen atoms in total. The van der Waals surface area contributed by atoms with Crippen LogP contribution in [0.2, 0.25) is 0 Å². The molecule has 0 aromatic heterocycles. The van der Waals surface area contributed by atoms with Gasteiger partial charge in [-0.15, -0.1) is 0 Å². The predicted octanol–water partition coefficient (Wildman–Crippen LogP) is 0.463. The smallest absolute Gasteiger partial charge is 0.230 e. The van der Waals surface area contributed by atoms with Crippen molar-refractivity contribution in [2.75, 3.05) is 51.3 Å². The van der Waals surface area contributed by atoms with Crippen molar-refractivity contribution in [3.8, 4) is 0 Å². The highest BCUT2D eigenvalue weighted by molar-refractivity contribution is 7.99. The lowest BCUT2D eigenvalue weighted by atomic mass is 9.73. The Morgan fingerprint density at radius 2 is 2.04 bits per heavy atom. The molecule has 27 heavy (non-hydrogen) atoms. The molecule has 3 fully saturated rings. The van der Waals surface area contributed by atoms with Crippen LogP contribution in [0.15, 0.2) is 0 Å². The minimum Gasteiger partial charge on any atom is -0.388 e. The molecule has 0 unspecified atom stereocenters. The molecule has 3 rings (SSSR count). The quantitative estimate of drug-likeness (QED) is 0.675. The highest BCUT2D eigenvalue weighted by Crippen LogP contribution is 2.39. The first-order valence-corrected chi connectivity index (χ1v) is 11.4. The molecular weight excluding hydrogens is 366 g/mol. The summed E-state index contributed by atoms with van der Waals surface area (Å²) in [6.45, 7) is 6.71. The molecule has 0 saturated carbocycles. The third-order valence-electron chi connectivity index (χ3n) is 6.37. The maximum absolute atomic E-state index is 12.1. The van der Waals surface area contributed by atoms with Gasteiger partial charge in [-0.2, -0.15) is 11.8 Å². The van der Waals surface area contributed by atoms with Crippen molar-refractivity contribution >= 4 is 23.6 Å². The zero-order valence-electron chi connectivity index (χ0n) is 16.5. The van der Waals surface area contributed by atoms with E-state index in [1.807, 2.05) is 18.1 Å². The molecule has 0 aromatic carbocycles. The second kappa shape index (κ2) is 8.68. The molecule has 2 N–H and O–H groups in total. The summed E-state index contributed by atoms with van der Waals surface area (Å²) in [5.74, 6) is 0.638. The van der Waals surface area contributed by atoms with Gasteiger partial charge in [0.2, 0.25) is 11.8 Å². The van der Waals surface area contributed by atoms with Gasteiger partial charge in [0.1, 0.15) is 6.10 Å². The van der Waals surface area contributed by atoms with Crippen LogP contribution in [0.25, 0.3) is 0 Å². The van der Waals surface area contributed by atoms with Crippen molar-refractivity contribution in [2.24, 2.45) is 0 Å². The fraction of sp³-hybridized carbons (Fsp3) is 0.895. The number of aliphatic hydroxyl groups excluding tert-OH is 1. The van der Waals surface area contributed by atoms with E-state index in [4.69, 9.17) is 4.74 Å². The number of carbonyl (C=O) groups is 2. The van der Waals surface area contributed by atoms with Crippen LogP contribution in [0.5, 0.6) is 0 Å². The van der Waals surface area contributed by atoms with Gasteiger partial charge in [-0.3, -0.25) is 9.59 Å². The van der Waals surface area contributed by atoms with Gasteiger partial charge in [-0.05, 0) is 38.9 Å². The van der Waals surface area contributed by atoms with Gasteiger partial charge in [-0.25, -0.2) is 0 Å². The lowest BCUT2D eigenvalue weighted by Crippen LogP contribution is -2.69. The van der Waals surface area contributed by atoms with E-state index in [0.717, 1.165) is 52.0 Å². The zero-order chi connectivity index (χ0) is 19.5. The molecule has 0 bridgehead atoms. The van der Waals surface area contributed by atoms with Crippen molar-refractivity contribution < 1.29 is 19.4 Å². The first-order chi connectivity index (χ1) is 12.9. The van der Waals surface area contributed by atoms with Crippen LogP contribution in [-0.4, -0.2) is 95.3 Å². The van der Waals surface area contributed by atoms with E-state index in [0.29, 0.717) is 25.2 Å². The summed E-state index contributed by atoms with van der Waals surface area (Å²) >= 11 is 1.48. The largest absolute Gasteiger partial charge is 0.388 e. The molecule has 8 heteroatoms. The Morgan fingerprint density at radius 1 is 1.30 bits per heavy atom. The fourth-order valence-corrected chi connectivity index (χ4v) is 4.99. The number of piperidine rings is 1. The molecule has 3 saturated heterocycles. The Balaban J connectivity index is 1.54. The van der Waals surface area contributed by atoms with Crippen LogP contribution in [0.1, 0.15) is 39.0 Å². The summed E-state index contributed by atoms with van der Waals surface area (Å²) in [7, 11) is 0. The number of nitrogens with zero attached hydrogens (tertiary/aromatic N) is 2. The first-order valence-electron chi connectivity index (χ1n) is 10.0. The van der Waals surface area contributed by atoms with E-state index in [2.05, 4.69) is 10.2 Å². The fourth-order valence-electron chi connectivity index (χ4n) is 4.65. The number of rotatable bonds is 6. The molecule has 154 valence electrons. The number of hydrogen-bond acceptors (Lipinski definition) is 6. The first kappa shape index (κ1) is 20.9. The molecule has 0 aromatic rings. The van der Waals surface area contributed by atoms with E-state index in [1.165, 1.54) is 11.8 Å². The van der Waals surface area contributed by atoms with Crippen LogP contribution < -0.4 is 5.32 Å². The molecule has 0 radical (unpaired) electrons. The lowest BCUT2D eigenvalue weighted by Gasteiger charge is -2.53. The second-order valence-electron chi connectivity index (χ2n) is 8.29. The maximum atomic E-state index is 12.1. The van der Waals surface area contributed by atoms with E-state index < -0.39 is 17.2 Å². The molecule has 3 aliphatic heterocycles. The van der Waals surface area contributed by atoms with Gasteiger partial charge in [0.05, 0.1) is 16.9 Å². The highest BCUT2D eigenvalue weighted by Gasteiger charge is 2.53. The van der Waals surface area contributed by atoms with Crippen LogP contribution in [-0.2, 0) is 14.3 Å². The van der Waals surface area contributed by atoms with Gasteiger partial charge < -0.3 is 25.0 Å². The van der Waals surface area contributed by atoms with Crippen LogP contribution in [0.4, 0.5) is 0 Å². The molecular formula is C19H33N3O4S. The highest BCUT2D eigenvalue weighted by atomic mass is 32.2. The van der Waals surface area contributed by atoms with Crippen molar-refractivity contribution in [3.63, 3.8) is 0 Å². The van der Waals surface area contributed by atoms with Gasteiger partial charge in [0, 0.05) is 45.8 Å². The third-order valence-corrected chi connectivity index (χ3v) is 6.92. The van der Waals surface area contributed by atoms with Crippen LogP contribution >= 0.6 is 11.8 Å². The number of ether oxygens (including phenoxy) is 1. The molecule has 2 amide bonds. The number of aliphatic hydroxyl groups is 1. The zero-order valence-corrected chi connectivity index (χ0v) is 17.4. The summed E-state index contributed by atoms with van der Waals surface area (Å²) in [6.07, 6.45) is 4.96. The Bertz CT molecular complexity index is 553. The van der Waals surface area contributed by atoms with E-state index in [1.54, 1.807) is 0 Å². The number of likely N-dealkylation sites (tertiary alicyclic amines) is 2. The summed E-state index contributed by atoms with van der Waals surface area (Å²) < 4.78 is 6.10. The van der Waals surface area contributed by atoms with Gasteiger partial charge in [0.15, 0.2) is 0 Å². The van der Waals surface area contributed by atoms with Gasteiger partial charge in [-0.1, -0.05) is 0 Å². The summed E-state index contributed by atoms with van der Waals surface area (Å²) in [6, 6.07) is 0. The molecule has 2 atom stereocenters. The minimum atomic E-state index is -0.716. The number of hydrogen-bond donors (Lipinski definition) is 2. The average Bonchev–Trinajstić information content (AvgIpc) is 3.04. The van der Waals surface area contributed by atoms with Gasteiger partial charge in [0.25, 0.3) is 0 Å². The minimum absolute atomic E-state index is 0.0335. The summed E-state index contributed by atoms with van der Waals surface area (Å²) in [5, 5.41) is 14.2. The standard InChI is InChI=1S/C19H33N3O4S/c1-18(20-15(23)14-27-2)7-13-26-19(17(18)25)5-9-21(10-6-19)11-12-22-8-3-4-16(22)24/h17,25H,3-14H2,1-2H3,(H,20,23)/t17-,18+/m0/s1. The van der Waals surface area contributed by atoms with E-state index in [9.17, 15) is 14.7 Å². The predicted molar refractivity (Wildman–Crippen MR) is 106 cm³/mol. The molecule has 0 aliphatic carbocycles. The SMILES string of the molecule is CSCC(=O)N[C@]1(C)CCOC2(CCN(CCN3CCCC3=O)CC2)[C@H]1O. The second-order valence-corrected chi connectivity index (χ2v) is 9.16. The summed E-state index contributed by atoms with van der Waals surface area (Å²) in [5.41, 5.74) is -1.23. The lowest BCUT2D eigenvalue weighted by molar-refractivity contribution is -0.207. The molecule has 3 heterocycles. The Kier molecular flexibility index (Phi) is 6.71. The molecule has 3 aliphatic rings. The van der Waals surface area contributed by atoms with Crippen LogP contribution in [0, 0.1) is 0 Å². The normalized spacial score (nSPS) is 31.4. The average molecular weight is 400 g/mol. The summed E-state index contributed by atoms with van der Waals surface area (Å²) in [4.78, 5) is 28.2. The number of carbonyl (C=O) groups excluding carboxylic acids is 2. The van der Waals surface area contributed by atoms with Crippen molar-refractivity contribution in [1.82, 2.24) is 15.1 Å². The van der Waals surface area contributed by atoms with Crippen molar-refractivity contribution in [1.29, 1.82) is 0 Å². The van der Waals surface area contributed by atoms with Crippen molar-refractivity contribution in [2.45, 2.75) is 56.3 Å².